The van der Waals surface area contributed by atoms with Gasteiger partial charge in [-0.2, -0.15) is 4.68 Å². The summed E-state index contributed by atoms with van der Waals surface area (Å²) in [4.78, 5) is 4.72. The van der Waals surface area contributed by atoms with Crippen LogP contribution in [0.15, 0.2) is 76.3 Å². The molecule has 2 heterocycles. The number of benzene rings is 2. The highest BCUT2D eigenvalue weighted by Gasteiger charge is 2.14. The van der Waals surface area contributed by atoms with Crippen molar-refractivity contribution in [1.82, 2.24) is 15.0 Å². The van der Waals surface area contributed by atoms with E-state index in [0.29, 0.717) is 11.6 Å². The second-order valence-electron chi connectivity index (χ2n) is 5.24. The smallest absolute Gasteiger partial charge is 0.199 e. The summed E-state index contributed by atoms with van der Waals surface area (Å²) in [5.41, 5.74) is 3.72. The number of nitrogens with zero attached hydrogens (tertiary/aromatic N) is 4. The molecule has 0 spiro atoms. The Hall–Kier alpha value is -3.21. The molecular formula is C18H14N4O. The summed E-state index contributed by atoms with van der Waals surface area (Å²) in [5, 5.41) is 8.44. The van der Waals surface area contributed by atoms with Gasteiger partial charge >= 0.3 is 0 Å². The van der Waals surface area contributed by atoms with Gasteiger partial charge in [0.15, 0.2) is 11.6 Å². The van der Waals surface area contributed by atoms with Crippen molar-refractivity contribution in [3.8, 4) is 0 Å². The molecule has 0 aliphatic heterocycles. The van der Waals surface area contributed by atoms with E-state index in [9.17, 15) is 0 Å². The molecule has 23 heavy (non-hydrogen) atoms. The predicted molar refractivity (Wildman–Crippen MR) is 89.0 cm³/mol. The molecule has 0 aliphatic rings. The highest BCUT2D eigenvalue weighted by atomic mass is 16.3. The average Bonchev–Trinajstić information content (AvgIpc) is 3.24. The maximum Gasteiger partial charge on any atom is 0.199 e. The molecule has 0 aliphatic carbocycles. The van der Waals surface area contributed by atoms with Crippen LogP contribution in [-0.4, -0.2) is 20.8 Å². The second-order valence-corrected chi connectivity index (χ2v) is 5.24. The minimum absolute atomic E-state index is 0.604. The van der Waals surface area contributed by atoms with E-state index in [-0.39, 0.29) is 0 Å². The van der Waals surface area contributed by atoms with Crippen molar-refractivity contribution in [2.24, 2.45) is 4.99 Å². The number of furan rings is 1. The molecule has 0 radical (unpaired) electrons. The largest absolute Gasteiger partial charge is 0.461 e. The van der Waals surface area contributed by atoms with Crippen LogP contribution in [0.5, 0.6) is 0 Å². The minimum atomic E-state index is 0.604. The van der Waals surface area contributed by atoms with Gasteiger partial charge < -0.3 is 4.42 Å². The van der Waals surface area contributed by atoms with Crippen molar-refractivity contribution in [3.05, 3.63) is 78.3 Å². The van der Waals surface area contributed by atoms with E-state index in [0.717, 1.165) is 16.7 Å². The van der Waals surface area contributed by atoms with E-state index >= 15 is 0 Å². The number of fused-ring (bicyclic) bond motifs is 1. The molecule has 5 nitrogen and oxygen atoms in total. The molecule has 0 amide bonds. The lowest BCUT2D eigenvalue weighted by Crippen LogP contribution is -2.14. The van der Waals surface area contributed by atoms with Gasteiger partial charge in [0.25, 0.3) is 0 Å². The van der Waals surface area contributed by atoms with E-state index < -0.39 is 0 Å². The fourth-order valence-electron chi connectivity index (χ4n) is 2.38. The molecule has 4 aromatic rings. The summed E-state index contributed by atoms with van der Waals surface area (Å²) in [6.07, 6.45) is 1.62. The van der Waals surface area contributed by atoms with Crippen LogP contribution in [0.4, 0.5) is 5.69 Å². The Morgan fingerprint density at radius 2 is 1.83 bits per heavy atom. The lowest BCUT2D eigenvalue weighted by atomic mass is 10.2. The van der Waals surface area contributed by atoms with Gasteiger partial charge in [-0.15, -0.1) is 5.10 Å². The van der Waals surface area contributed by atoms with Gasteiger partial charge in [-0.25, -0.2) is 4.99 Å². The van der Waals surface area contributed by atoms with Crippen molar-refractivity contribution >= 4 is 22.6 Å². The summed E-state index contributed by atoms with van der Waals surface area (Å²) in [7, 11) is 0. The quantitative estimate of drug-likeness (QED) is 0.416. The third kappa shape index (κ3) is 2.53. The number of aryl methyl sites for hydroxylation is 1. The standard InChI is InChI=1S/C18H14N4O/c1-13-8-10-14(11-9-13)19-18(17-7-4-12-23-17)22-16-6-3-2-5-15(16)20-21-22/h2-12H,1H3. The maximum absolute atomic E-state index is 5.54. The summed E-state index contributed by atoms with van der Waals surface area (Å²) >= 11 is 0. The Kier molecular flexibility index (Phi) is 3.24. The summed E-state index contributed by atoms with van der Waals surface area (Å²) < 4.78 is 7.25. The summed E-state index contributed by atoms with van der Waals surface area (Å²) in [6.45, 7) is 2.05. The highest BCUT2D eigenvalue weighted by molar-refractivity contribution is 6.03. The number of aromatic nitrogens is 3. The SMILES string of the molecule is Cc1ccc(N=C(c2ccco2)n2nnc3ccccc32)cc1. The summed E-state index contributed by atoms with van der Waals surface area (Å²) in [5.74, 6) is 1.24. The first kappa shape index (κ1) is 13.5. The Morgan fingerprint density at radius 1 is 1.00 bits per heavy atom. The molecule has 0 fully saturated rings. The van der Waals surface area contributed by atoms with Crippen LogP contribution in [0.25, 0.3) is 11.0 Å². The Bertz CT molecular complexity index is 966. The van der Waals surface area contributed by atoms with Crippen molar-refractivity contribution in [2.75, 3.05) is 0 Å². The van der Waals surface area contributed by atoms with Crippen LogP contribution in [-0.2, 0) is 0 Å². The third-order valence-electron chi connectivity index (χ3n) is 3.56. The number of para-hydroxylation sites is 1. The number of hydrogen-bond acceptors (Lipinski definition) is 4. The lowest BCUT2D eigenvalue weighted by Gasteiger charge is -2.05. The van der Waals surface area contributed by atoms with E-state index in [1.54, 1.807) is 10.9 Å². The average molecular weight is 302 g/mol. The molecule has 0 N–H and O–H groups in total. The maximum atomic E-state index is 5.54. The van der Waals surface area contributed by atoms with Crippen LogP contribution in [0.3, 0.4) is 0 Å². The normalized spacial score (nSPS) is 12.0. The van der Waals surface area contributed by atoms with E-state index in [4.69, 9.17) is 9.41 Å². The van der Waals surface area contributed by atoms with Crippen molar-refractivity contribution in [1.29, 1.82) is 0 Å². The van der Waals surface area contributed by atoms with E-state index in [1.165, 1.54) is 5.56 Å². The second kappa shape index (κ2) is 5.53. The van der Waals surface area contributed by atoms with Crippen molar-refractivity contribution < 1.29 is 4.42 Å². The fourth-order valence-corrected chi connectivity index (χ4v) is 2.38. The highest BCUT2D eigenvalue weighted by Crippen LogP contribution is 2.18. The molecule has 4 rings (SSSR count). The van der Waals surface area contributed by atoms with Gasteiger partial charge in [-0.05, 0) is 43.3 Å². The topological polar surface area (TPSA) is 56.2 Å². The van der Waals surface area contributed by atoms with Gasteiger partial charge in [0.1, 0.15) is 5.52 Å². The zero-order valence-corrected chi connectivity index (χ0v) is 12.5. The molecule has 2 aromatic carbocycles. The Labute approximate surface area is 132 Å². The van der Waals surface area contributed by atoms with Gasteiger partial charge in [0.05, 0.1) is 17.5 Å². The van der Waals surface area contributed by atoms with Crippen LogP contribution < -0.4 is 0 Å². The van der Waals surface area contributed by atoms with Gasteiger partial charge in [-0.3, -0.25) is 0 Å². The van der Waals surface area contributed by atoms with Crippen LogP contribution in [0.2, 0.25) is 0 Å². The van der Waals surface area contributed by atoms with E-state index in [2.05, 4.69) is 10.3 Å². The summed E-state index contributed by atoms with van der Waals surface area (Å²) in [6, 6.07) is 19.5. The molecule has 0 saturated carbocycles. The third-order valence-corrected chi connectivity index (χ3v) is 3.56. The first-order valence-electron chi connectivity index (χ1n) is 7.31. The molecule has 0 unspecified atom stereocenters. The van der Waals surface area contributed by atoms with Crippen LogP contribution >= 0.6 is 0 Å². The van der Waals surface area contributed by atoms with E-state index in [1.807, 2.05) is 67.6 Å². The molecular weight excluding hydrogens is 288 g/mol. The van der Waals surface area contributed by atoms with Gasteiger partial charge in [0, 0.05) is 0 Å². The lowest BCUT2D eigenvalue weighted by molar-refractivity contribution is 0.553. The van der Waals surface area contributed by atoms with Crippen molar-refractivity contribution in [2.45, 2.75) is 6.92 Å². The number of rotatable bonds is 2. The predicted octanol–water partition coefficient (Wildman–Crippen LogP) is 3.96. The van der Waals surface area contributed by atoms with Crippen LogP contribution in [0, 0.1) is 6.92 Å². The number of aliphatic imine (C=N–C) groups is 1. The number of hydrogen-bond donors (Lipinski definition) is 0. The fraction of sp³-hybridized carbons (Fsp3) is 0.0556. The minimum Gasteiger partial charge on any atom is -0.461 e. The molecule has 0 saturated heterocycles. The van der Waals surface area contributed by atoms with Crippen LogP contribution in [0.1, 0.15) is 11.3 Å². The van der Waals surface area contributed by atoms with Gasteiger partial charge in [0.2, 0.25) is 0 Å². The van der Waals surface area contributed by atoms with Crippen molar-refractivity contribution in [3.63, 3.8) is 0 Å². The molecule has 2 aromatic heterocycles. The first-order chi connectivity index (χ1) is 11.3. The van der Waals surface area contributed by atoms with Gasteiger partial charge in [-0.1, -0.05) is 35.0 Å². The Morgan fingerprint density at radius 3 is 2.61 bits per heavy atom. The molecule has 0 bridgehead atoms. The Balaban J connectivity index is 1.91. The molecule has 5 heteroatoms. The zero-order chi connectivity index (χ0) is 15.6. The molecule has 112 valence electrons. The molecule has 0 atom stereocenters. The first-order valence-corrected chi connectivity index (χ1v) is 7.31. The monoisotopic (exact) mass is 302 g/mol. The zero-order valence-electron chi connectivity index (χ0n) is 12.5.